The predicted octanol–water partition coefficient (Wildman–Crippen LogP) is 6.31. The van der Waals surface area contributed by atoms with Gasteiger partial charge in [-0.25, -0.2) is 4.79 Å². The zero-order valence-corrected chi connectivity index (χ0v) is 25.3. The lowest BCUT2D eigenvalue weighted by Gasteiger charge is -2.27. The minimum atomic E-state index is -0.946. The Morgan fingerprint density at radius 3 is 2.57 bits per heavy atom. The fraction of sp³-hybridized carbons (Fsp3) is 0.400. The second-order valence-electron chi connectivity index (χ2n) is 12.0. The van der Waals surface area contributed by atoms with Crippen LogP contribution in [0.15, 0.2) is 42.6 Å². The molecule has 2 aromatic heterocycles. The van der Waals surface area contributed by atoms with Crippen molar-refractivity contribution in [2.75, 3.05) is 33.4 Å². The Morgan fingerprint density at radius 2 is 1.84 bits per heavy atom. The molecule has 1 amide bonds. The van der Waals surface area contributed by atoms with Crippen LogP contribution in [0.2, 0.25) is 0 Å². The number of ether oxygens (including phenoxy) is 2. The molecule has 44 heavy (non-hydrogen) atoms. The van der Waals surface area contributed by atoms with E-state index in [2.05, 4.69) is 27.9 Å². The topological polar surface area (TPSA) is 98.8 Å². The maximum atomic E-state index is 13.9. The van der Waals surface area contributed by atoms with Crippen LogP contribution in [0, 0.1) is 0 Å². The van der Waals surface area contributed by atoms with Gasteiger partial charge in [-0.1, -0.05) is 25.3 Å². The molecule has 1 N–H and O–H groups in total. The number of morpholine rings is 1. The summed E-state index contributed by atoms with van der Waals surface area (Å²) in [5, 5.41) is 15.7. The van der Waals surface area contributed by atoms with Crippen LogP contribution >= 0.6 is 0 Å². The summed E-state index contributed by atoms with van der Waals surface area (Å²) in [6.45, 7) is 5.23. The van der Waals surface area contributed by atoms with E-state index in [0.29, 0.717) is 50.9 Å². The van der Waals surface area contributed by atoms with Crippen LogP contribution in [0.3, 0.4) is 0 Å². The first-order chi connectivity index (χ1) is 21.5. The Balaban J connectivity index is 1.49. The first-order valence-electron chi connectivity index (χ1n) is 15.7. The zero-order chi connectivity index (χ0) is 30.4. The number of fused-ring (bicyclic) bond motifs is 5. The molecule has 0 unspecified atom stereocenters. The van der Waals surface area contributed by atoms with E-state index in [9.17, 15) is 14.7 Å². The Kier molecular flexibility index (Phi) is 7.50. The summed E-state index contributed by atoms with van der Waals surface area (Å²) in [6, 6.07) is 11.7. The van der Waals surface area contributed by atoms with Gasteiger partial charge in [0.2, 0.25) is 0 Å². The number of allylic oxidation sites excluding steroid dienone is 1. The largest absolute Gasteiger partial charge is 0.497 e. The zero-order valence-electron chi connectivity index (χ0n) is 25.3. The molecule has 0 bridgehead atoms. The van der Waals surface area contributed by atoms with Crippen LogP contribution in [0.1, 0.15) is 82.5 Å². The van der Waals surface area contributed by atoms with Crippen LogP contribution in [-0.2, 0) is 17.8 Å². The van der Waals surface area contributed by atoms with Gasteiger partial charge in [-0.15, -0.1) is 0 Å². The van der Waals surface area contributed by atoms with Crippen molar-refractivity contribution in [3.05, 3.63) is 70.5 Å². The van der Waals surface area contributed by atoms with Crippen molar-refractivity contribution < 1.29 is 24.2 Å². The fourth-order valence-corrected chi connectivity index (χ4v) is 7.38. The van der Waals surface area contributed by atoms with Gasteiger partial charge < -0.3 is 24.0 Å². The van der Waals surface area contributed by atoms with Crippen molar-refractivity contribution >= 4 is 34.4 Å². The standard InChI is InChI=1S/C35H38N4O5/c1-3-39-32(29(20-36-39)34(40)37-13-15-44-16-14-37)25-17-24-18-26(43-2)10-12-27(24)33-31(22-7-5-4-6-8-22)28-11-9-23(35(41)42)19-30(28)38(33)21-25/h9-12,17-20,22H,3-8,13-16,21H2,1-2H3,(H,41,42). The summed E-state index contributed by atoms with van der Waals surface area (Å²) in [7, 11) is 1.67. The number of methoxy groups -OCH3 is 1. The van der Waals surface area contributed by atoms with E-state index in [1.54, 1.807) is 19.4 Å². The summed E-state index contributed by atoms with van der Waals surface area (Å²) in [5.74, 6) is 0.144. The van der Waals surface area contributed by atoms with Gasteiger partial charge in [0.1, 0.15) is 5.75 Å². The summed E-state index contributed by atoms with van der Waals surface area (Å²) in [4.78, 5) is 27.9. The van der Waals surface area contributed by atoms with Gasteiger partial charge >= 0.3 is 5.97 Å². The highest BCUT2D eigenvalue weighted by Gasteiger charge is 2.32. The number of hydrogen-bond donors (Lipinski definition) is 1. The highest BCUT2D eigenvalue weighted by atomic mass is 16.5. The molecule has 0 spiro atoms. The molecule has 9 heteroatoms. The number of aryl methyl sites for hydroxylation is 1. The number of hydrogen-bond acceptors (Lipinski definition) is 5. The van der Waals surface area contributed by atoms with Gasteiger partial charge in [0.05, 0.1) is 55.6 Å². The normalized spacial score (nSPS) is 17.1. The first kappa shape index (κ1) is 28.4. The van der Waals surface area contributed by atoms with Crippen molar-refractivity contribution in [1.82, 2.24) is 19.2 Å². The predicted molar refractivity (Wildman–Crippen MR) is 169 cm³/mol. The molecule has 1 saturated heterocycles. The Labute approximate surface area is 256 Å². The number of benzene rings is 2. The fourth-order valence-electron chi connectivity index (χ4n) is 7.38. The van der Waals surface area contributed by atoms with Crippen molar-refractivity contribution in [1.29, 1.82) is 0 Å². The number of nitrogens with zero attached hydrogens (tertiary/aromatic N) is 4. The number of carboxylic acid groups (broad SMARTS) is 1. The molecule has 4 aromatic rings. The van der Waals surface area contributed by atoms with Crippen molar-refractivity contribution in [2.45, 2.75) is 58.0 Å². The van der Waals surface area contributed by atoms with Crippen LogP contribution < -0.4 is 4.74 Å². The summed E-state index contributed by atoms with van der Waals surface area (Å²) >= 11 is 0. The third-order valence-corrected chi connectivity index (χ3v) is 9.51. The monoisotopic (exact) mass is 594 g/mol. The second-order valence-corrected chi connectivity index (χ2v) is 12.0. The van der Waals surface area contributed by atoms with Crippen molar-refractivity contribution in [3.63, 3.8) is 0 Å². The Bertz CT molecular complexity index is 1790. The molecule has 1 aliphatic carbocycles. The molecule has 2 aliphatic heterocycles. The van der Waals surface area contributed by atoms with E-state index < -0.39 is 5.97 Å². The molecule has 9 nitrogen and oxygen atoms in total. The van der Waals surface area contributed by atoms with Gasteiger partial charge in [-0.3, -0.25) is 9.48 Å². The number of aromatic carboxylic acids is 1. The third kappa shape index (κ3) is 4.79. The molecular formula is C35H38N4O5. The molecule has 2 fully saturated rings. The molecule has 4 heterocycles. The first-order valence-corrected chi connectivity index (χ1v) is 15.7. The molecule has 7 rings (SSSR count). The van der Waals surface area contributed by atoms with E-state index in [1.165, 1.54) is 24.8 Å². The van der Waals surface area contributed by atoms with Crippen LogP contribution in [0.5, 0.6) is 5.75 Å². The van der Waals surface area contributed by atoms with Gasteiger partial charge in [-0.05, 0) is 78.8 Å². The van der Waals surface area contributed by atoms with Crippen molar-refractivity contribution in [3.8, 4) is 17.0 Å². The Morgan fingerprint density at radius 1 is 1.05 bits per heavy atom. The minimum Gasteiger partial charge on any atom is -0.497 e. The average molecular weight is 595 g/mol. The average Bonchev–Trinajstić information content (AvgIpc) is 3.58. The molecule has 0 radical (unpaired) electrons. The number of aromatic nitrogens is 3. The number of rotatable bonds is 6. The molecular weight excluding hydrogens is 556 g/mol. The second kappa shape index (κ2) is 11.6. The van der Waals surface area contributed by atoms with Gasteiger partial charge in [0.25, 0.3) is 5.91 Å². The molecule has 3 aliphatic rings. The highest BCUT2D eigenvalue weighted by Crippen LogP contribution is 2.48. The summed E-state index contributed by atoms with van der Waals surface area (Å²) < 4.78 is 15.4. The maximum Gasteiger partial charge on any atom is 0.335 e. The summed E-state index contributed by atoms with van der Waals surface area (Å²) in [6.07, 6.45) is 9.70. The van der Waals surface area contributed by atoms with Gasteiger partial charge in [-0.2, -0.15) is 5.10 Å². The van der Waals surface area contributed by atoms with Crippen LogP contribution in [0.4, 0.5) is 0 Å². The molecule has 1 saturated carbocycles. The maximum absolute atomic E-state index is 13.9. The van der Waals surface area contributed by atoms with E-state index in [4.69, 9.17) is 9.47 Å². The lowest BCUT2D eigenvalue weighted by Crippen LogP contribution is -2.41. The SMILES string of the molecule is CCn1ncc(C(=O)N2CCOCC2)c1C1=Cc2cc(OC)ccc2-c2c(C3CCCCC3)c3ccc(C(=O)O)cc3n2C1. The molecule has 0 atom stereocenters. The molecule has 2 aromatic carbocycles. The van der Waals surface area contributed by atoms with E-state index in [0.717, 1.165) is 57.6 Å². The quantitative estimate of drug-likeness (QED) is 0.281. The third-order valence-electron chi connectivity index (χ3n) is 9.51. The number of carboxylic acids is 1. The highest BCUT2D eigenvalue weighted by molar-refractivity contribution is 6.04. The van der Waals surface area contributed by atoms with E-state index in [1.807, 2.05) is 34.7 Å². The summed E-state index contributed by atoms with van der Waals surface area (Å²) in [5.41, 5.74) is 7.99. The van der Waals surface area contributed by atoms with Crippen molar-refractivity contribution in [2.24, 2.45) is 0 Å². The lowest BCUT2D eigenvalue weighted by molar-refractivity contribution is 0.0302. The lowest BCUT2D eigenvalue weighted by atomic mass is 9.81. The van der Waals surface area contributed by atoms with E-state index in [-0.39, 0.29) is 11.5 Å². The minimum absolute atomic E-state index is 0.0485. The number of carbonyl (C=O) groups excluding carboxylic acids is 1. The number of carbonyl (C=O) groups is 2. The van der Waals surface area contributed by atoms with Gasteiger partial charge in [0.15, 0.2) is 0 Å². The smallest absolute Gasteiger partial charge is 0.335 e. The van der Waals surface area contributed by atoms with Gasteiger partial charge in [0, 0.05) is 36.1 Å². The van der Waals surface area contributed by atoms with E-state index >= 15 is 0 Å². The van der Waals surface area contributed by atoms with Crippen LogP contribution in [0.25, 0.3) is 33.8 Å². The van der Waals surface area contributed by atoms with Crippen LogP contribution in [-0.4, -0.2) is 69.6 Å². The Hall–Kier alpha value is -4.37. The molecule has 228 valence electrons. The number of amides is 1.